The molecule has 72 valence electrons. The van der Waals surface area contributed by atoms with Crippen molar-refractivity contribution in [1.82, 2.24) is 4.98 Å². The molecular formula is C9H12F2N2. The fourth-order valence-electron chi connectivity index (χ4n) is 1.03. The summed E-state index contributed by atoms with van der Waals surface area (Å²) in [6.07, 6.45) is 0. The van der Waals surface area contributed by atoms with E-state index in [1.54, 1.807) is 0 Å². The van der Waals surface area contributed by atoms with Crippen LogP contribution in [0.25, 0.3) is 0 Å². The SMILES string of the molecule is CC(C)C(N)c1ccc(F)nc1F. The average molecular weight is 186 g/mol. The summed E-state index contributed by atoms with van der Waals surface area (Å²) in [5.41, 5.74) is 5.95. The Morgan fingerprint density at radius 3 is 2.38 bits per heavy atom. The summed E-state index contributed by atoms with van der Waals surface area (Å²) in [5, 5.41) is 0. The monoisotopic (exact) mass is 186 g/mol. The summed E-state index contributed by atoms with van der Waals surface area (Å²) in [6, 6.07) is 2.01. The lowest BCUT2D eigenvalue weighted by Gasteiger charge is -2.15. The molecule has 0 aliphatic carbocycles. The van der Waals surface area contributed by atoms with Crippen LogP contribution in [0.2, 0.25) is 0 Å². The number of aromatic nitrogens is 1. The molecule has 1 atom stereocenters. The molecule has 13 heavy (non-hydrogen) atoms. The Balaban J connectivity index is 3.01. The van der Waals surface area contributed by atoms with Crippen LogP contribution in [0, 0.1) is 17.8 Å². The number of pyridine rings is 1. The number of rotatable bonds is 2. The van der Waals surface area contributed by atoms with Gasteiger partial charge in [0.25, 0.3) is 0 Å². The normalized spacial score (nSPS) is 13.4. The lowest BCUT2D eigenvalue weighted by Crippen LogP contribution is -2.18. The third kappa shape index (κ3) is 2.21. The van der Waals surface area contributed by atoms with Crippen molar-refractivity contribution in [2.45, 2.75) is 19.9 Å². The molecule has 2 nitrogen and oxygen atoms in total. The van der Waals surface area contributed by atoms with Crippen LogP contribution in [-0.4, -0.2) is 4.98 Å². The molecular weight excluding hydrogens is 174 g/mol. The maximum atomic E-state index is 13.0. The second-order valence-corrected chi connectivity index (χ2v) is 3.28. The molecule has 1 aromatic heterocycles. The van der Waals surface area contributed by atoms with Crippen molar-refractivity contribution >= 4 is 0 Å². The van der Waals surface area contributed by atoms with Gasteiger partial charge in [0.1, 0.15) is 0 Å². The molecule has 0 aliphatic heterocycles. The highest BCUT2D eigenvalue weighted by molar-refractivity contribution is 5.16. The summed E-state index contributed by atoms with van der Waals surface area (Å²) in [6.45, 7) is 3.74. The number of hydrogen-bond acceptors (Lipinski definition) is 2. The van der Waals surface area contributed by atoms with E-state index in [1.807, 2.05) is 13.8 Å². The van der Waals surface area contributed by atoms with Gasteiger partial charge in [0.15, 0.2) is 0 Å². The van der Waals surface area contributed by atoms with Crippen LogP contribution in [0.4, 0.5) is 8.78 Å². The van der Waals surface area contributed by atoms with Gasteiger partial charge in [-0.2, -0.15) is 13.8 Å². The third-order valence-corrected chi connectivity index (χ3v) is 1.92. The zero-order valence-corrected chi connectivity index (χ0v) is 7.59. The van der Waals surface area contributed by atoms with Crippen LogP contribution >= 0.6 is 0 Å². The molecule has 1 aromatic rings. The van der Waals surface area contributed by atoms with Crippen molar-refractivity contribution in [1.29, 1.82) is 0 Å². The first-order chi connectivity index (χ1) is 6.02. The molecule has 0 saturated carbocycles. The zero-order valence-electron chi connectivity index (χ0n) is 7.59. The summed E-state index contributed by atoms with van der Waals surface area (Å²) >= 11 is 0. The zero-order chi connectivity index (χ0) is 10.0. The first kappa shape index (κ1) is 10.1. The Kier molecular flexibility index (Phi) is 2.93. The van der Waals surface area contributed by atoms with E-state index < -0.39 is 17.9 Å². The smallest absolute Gasteiger partial charge is 0.220 e. The molecule has 0 aromatic carbocycles. The van der Waals surface area contributed by atoms with E-state index in [9.17, 15) is 8.78 Å². The second kappa shape index (κ2) is 3.79. The van der Waals surface area contributed by atoms with Crippen molar-refractivity contribution in [3.8, 4) is 0 Å². The highest BCUT2D eigenvalue weighted by Crippen LogP contribution is 2.20. The summed E-state index contributed by atoms with van der Waals surface area (Å²) in [4.78, 5) is 3.06. The van der Waals surface area contributed by atoms with Crippen LogP contribution in [0.1, 0.15) is 25.5 Å². The first-order valence-electron chi connectivity index (χ1n) is 4.10. The van der Waals surface area contributed by atoms with Gasteiger partial charge in [-0.3, -0.25) is 0 Å². The molecule has 0 spiro atoms. The van der Waals surface area contributed by atoms with Crippen LogP contribution in [-0.2, 0) is 0 Å². The van der Waals surface area contributed by atoms with Crippen molar-refractivity contribution in [2.24, 2.45) is 11.7 Å². The molecule has 2 N–H and O–H groups in total. The van der Waals surface area contributed by atoms with E-state index >= 15 is 0 Å². The van der Waals surface area contributed by atoms with E-state index in [4.69, 9.17) is 5.73 Å². The van der Waals surface area contributed by atoms with Gasteiger partial charge in [-0.25, -0.2) is 0 Å². The fourth-order valence-corrected chi connectivity index (χ4v) is 1.03. The third-order valence-electron chi connectivity index (χ3n) is 1.92. The molecule has 1 rings (SSSR count). The van der Waals surface area contributed by atoms with Gasteiger partial charge in [0.2, 0.25) is 11.9 Å². The van der Waals surface area contributed by atoms with Gasteiger partial charge in [-0.1, -0.05) is 13.8 Å². The minimum absolute atomic E-state index is 0.0989. The summed E-state index contributed by atoms with van der Waals surface area (Å²) < 4.78 is 25.5. The summed E-state index contributed by atoms with van der Waals surface area (Å²) in [7, 11) is 0. The van der Waals surface area contributed by atoms with Crippen LogP contribution in [0.5, 0.6) is 0 Å². The lowest BCUT2D eigenvalue weighted by atomic mass is 9.98. The fraction of sp³-hybridized carbons (Fsp3) is 0.444. The maximum Gasteiger partial charge on any atom is 0.220 e. The van der Waals surface area contributed by atoms with Gasteiger partial charge in [-0.15, -0.1) is 0 Å². The number of halogens is 2. The van der Waals surface area contributed by atoms with Gasteiger partial charge in [0, 0.05) is 11.6 Å². The Bertz CT molecular complexity index is 300. The van der Waals surface area contributed by atoms with Crippen LogP contribution < -0.4 is 5.73 Å². The molecule has 1 unspecified atom stereocenters. The molecule has 4 heteroatoms. The highest BCUT2D eigenvalue weighted by atomic mass is 19.1. The minimum Gasteiger partial charge on any atom is -0.324 e. The van der Waals surface area contributed by atoms with E-state index in [0.717, 1.165) is 6.07 Å². The van der Waals surface area contributed by atoms with Gasteiger partial charge < -0.3 is 5.73 Å². The van der Waals surface area contributed by atoms with E-state index in [1.165, 1.54) is 6.07 Å². The first-order valence-corrected chi connectivity index (χ1v) is 4.10. The number of hydrogen-bond donors (Lipinski definition) is 1. The Hall–Kier alpha value is -1.03. The Morgan fingerprint density at radius 1 is 1.31 bits per heavy atom. The largest absolute Gasteiger partial charge is 0.324 e. The molecule has 1 heterocycles. The average Bonchev–Trinajstić information content (AvgIpc) is 2.03. The molecule has 0 radical (unpaired) electrons. The number of nitrogens with zero attached hydrogens (tertiary/aromatic N) is 1. The quantitative estimate of drug-likeness (QED) is 0.717. The molecule has 0 amide bonds. The molecule has 0 saturated heterocycles. The molecule has 0 aliphatic rings. The predicted molar refractivity (Wildman–Crippen MR) is 45.9 cm³/mol. The van der Waals surface area contributed by atoms with Crippen LogP contribution in [0.15, 0.2) is 12.1 Å². The van der Waals surface area contributed by atoms with Crippen molar-refractivity contribution in [3.05, 3.63) is 29.6 Å². The van der Waals surface area contributed by atoms with Crippen molar-refractivity contribution in [2.75, 3.05) is 0 Å². The molecule has 0 bridgehead atoms. The Morgan fingerprint density at radius 2 is 1.92 bits per heavy atom. The van der Waals surface area contributed by atoms with Gasteiger partial charge >= 0.3 is 0 Å². The summed E-state index contributed by atoms with van der Waals surface area (Å²) in [5.74, 6) is -1.54. The van der Waals surface area contributed by atoms with E-state index in [0.29, 0.717) is 0 Å². The minimum atomic E-state index is -0.822. The molecule has 0 fully saturated rings. The predicted octanol–water partition coefficient (Wildman–Crippen LogP) is 2.02. The van der Waals surface area contributed by atoms with Crippen molar-refractivity contribution in [3.63, 3.8) is 0 Å². The number of nitrogens with two attached hydrogens (primary N) is 1. The standard InChI is InChI=1S/C9H12F2N2/c1-5(2)8(12)6-3-4-7(10)13-9(6)11/h3-5,8H,12H2,1-2H3. The highest BCUT2D eigenvalue weighted by Gasteiger charge is 2.16. The Labute approximate surface area is 75.8 Å². The lowest BCUT2D eigenvalue weighted by molar-refractivity contribution is 0.453. The second-order valence-electron chi connectivity index (χ2n) is 3.28. The van der Waals surface area contributed by atoms with E-state index in [2.05, 4.69) is 4.98 Å². The topological polar surface area (TPSA) is 38.9 Å². The van der Waals surface area contributed by atoms with Crippen molar-refractivity contribution < 1.29 is 8.78 Å². The maximum absolute atomic E-state index is 13.0. The van der Waals surface area contributed by atoms with Gasteiger partial charge in [0.05, 0.1) is 0 Å². The van der Waals surface area contributed by atoms with Crippen LogP contribution in [0.3, 0.4) is 0 Å². The van der Waals surface area contributed by atoms with Gasteiger partial charge in [-0.05, 0) is 18.1 Å². The van der Waals surface area contributed by atoms with E-state index in [-0.39, 0.29) is 11.5 Å².